The van der Waals surface area contributed by atoms with Crippen molar-refractivity contribution in [2.45, 2.75) is 227 Å². The van der Waals surface area contributed by atoms with Gasteiger partial charge in [0.1, 0.15) is 62.6 Å². The van der Waals surface area contributed by atoms with E-state index in [9.17, 15) is 61.3 Å². The maximum absolute atomic E-state index is 12.8. The first-order valence-corrected chi connectivity index (χ1v) is 24.0. The standard InChI is InChI=1S/C49H90O20/c1-31(20-41(11,55)65-30-40(10)46(16,60)48(18)47(17,61)49(24-53,68-40)69-48)19-32(2,21-50)66-38(8,42(31,12)56)28-63-26-34(4)37(7,23-52)67-39(9,45(15,59)44(34,14)58)29-62-25-33(3)36(6,22-51)64-27-35(5,54)43(33,13)57/h50-61H,19-30H2,1-18H3/t31?,32?,33-,34-,35-,36?,37?,38-,39-,40?,41?,42+,43?,44?,45-,46?,47+,48+,49?/m1/s1. The van der Waals surface area contributed by atoms with E-state index in [1.165, 1.54) is 76.2 Å². The van der Waals surface area contributed by atoms with Crippen LogP contribution in [0.1, 0.15) is 137 Å². The Morgan fingerprint density at radius 3 is 1.36 bits per heavy atom. The van der Waals surface area contributed by atoms with Crippen molar-refractivity contribution in [3.63, 3.8) is 0 Å². The number of hydrogen-bond acceptors (Lipinski definition) is 20. The van der Waals surface area contributed by atoms with Crippen molar-refractivity contribution in [2.75, 3.05) is 66.1 Å². The average Bonchev–Trinajstić information content (AvgIpc) is 3.21. The molecule has 0 spiro atoms. The first kappa shape index (κ1) is 59.1. The quantitative estimate of drug-likeness (QED) is 0.0849. The highest BCUT2D eigenvalue weighted by atomic mass is 16.8. The summed E-state index contributed by atoms with van der Waals surface area (Å²) in [5, 5.41) is 139. The summed E-state index contributed by atoms with van der Waals surface area (Å²) in [4.78, 5) is 0. The van der Waals surface area contributed by atoms with E-state index in [4.69, 9.17) is 37.9 Å². The van der Waals surface area contributed by atoms with Gasteiger partial charge in [0.25, 0.3) is 0 Å². The molecular weight excluding hydrogens is 909 g/mol. The van der Waals surface area contributed by atoms with Crippen molar-refractivity contribution in [1.82, 2.24) is 0 Å². The van der Waals surface area contributed by atoms with Crippen molar-refractivity contribution in [1.29, 1.82) is 0 Å². The minimum Gasteiger partial charge on any atom is -0.393 e. The third kappa shape index (κ3) is 7.57. The molecule has 10 unspecified atom stereocenters. The van der Waals surface area contributed by atoms with E-state index >= 15 is 0 Å². The summed E-state index contributed by atoms with van der Waals surface area (Å²) in [6, 6.07) is 0. The van der Waals surface area contributed by atoms with Gasteiger partial charge in [-0.2, -0.15) is 0 Å². The molecule has 6 heterocycles. The second kappa shape index (κ2) is 16.6. The van der Waals surface area contributed by atoms with E-state index in [1.54, 1.807) is 48.5 Å². The Bertz CT molecular complexity index is 1920. The average molecular weight is 999 g/mol. The number of aliphatic hydroxyl groups excluding tert-OH is 4. The highest BCUT2D eigenvalue weighted by Gasteiger charge is 2.86. The van der Waals surface area contributed by atoms with Crippen LogP contribution in [-0.4, -0.2) is 217 Å². The number of fused-ring (bicyclic) bond motifs is 2. The third-order valence-electron chi connectivity index (χ3n) is 20.5. The molecule has 406 valence electrons. The molecule has 0 radical (unpaired) electrons. The number of hydrogen-bond donors (Lipinski definition) is 12. The smallest absolute Gasteiger partial charge is 0.225 e. The molecule has 2 bridgehead atoms. The van der Waals surface area contributed by atoms with E-state index in [0.29, 0.717) is 0 Å². The van der Waals surface area contributed by atoms with Gasteiger partial charge < -0.3 is 99.2 Å². The zero-order valence-corrected chi connectivity index (χ0v) is 44.6. The third-order valence-corrected chi connectivity index (χ3v) is 20.5. The Morgan fingerprint density at radius 1 is 0.449 bits per heavy atom. The number of aliphatic hydroxyl groups is 12. The summed E-state index contributed by atoms with van der Waals surface area (Å²) in [5.74, 6) is -3.94. The summed E-state index contributed by atoms with van der Waals surface area (Å²) >= 11 is 0. The van der Waals surface area contributed by atoms with Crippen LogP contribution in [0.5, 0.6) is 0 Å². The van der Waals surface area contributed by atoms with Gasteiger partial charge in [-0.3, -0.25) is 0 Å². The summed E-state index contributed by atoms with van der Waals surface area (Å²) in [6.07, 6.45) is -0.272. The van der Waals surface area contributed by atoms with Crippen LogP contribution in [0.3, 0.4) is 0 Å². The lowest BCUT2D eigenvalue weighted by Crippen LogP contribution is -2.96. The van der Waals surface area contributed by atoms with Crippen LogP contribution in [0.25, 0.3) is 0 Å². The van der Waals surface area contributed by atoms with Crippen LogP contribution in [0.2, 0.25) is 0 Å². The molecule has 6 aliphatic rings. The highest BCUT2D eigenvalue weighted by Crippen LogP contribution is 2.65. The van der Waals surface area contributed by atoms with E-state index in [-0.39, 0.29) is 26.1 Å². The van der Waals surface area contributed by atoms with Gasteiger partial charge in [0.15, 0.2) is 5.79 Å². The molecule has 20 nitrogen and oxygen atoms in total. The largest absolute Gasteiger partial charge is 0.393 e. The van der Waals surface area contributed by atoms with Gasteiger partial charge in [-0.15, -0.1) is 0 Å². The molecule has 12 N–H and O–H groups in total. The van der Waals surface area contributed by atoms with Crippen LogP contribution in [0.15, 0.2) is 0 Å². The monoisotopic (exact) mass is 999 g/mol. The number of rotatable bonds is 17. The predicted octanol–water partition coefficient (Wildman–Crippen LogP) is -0.0718. The van der Waals surface area contributed by atoms with Gasteiger partial charge in [0.05, 0.1) is 92.7 Å². The van der Waals surface area contributed by atoms with Crippen LogP contribution in [-0.2, 0) is 37.9 Å². The van der Waals surface area contributed by atoms with Gasteiger partial charge in [-0.05, 0) is 110 Å². The molecule has 6 aliphatic heterocycles. The predicted molar refractivity (Wildman–Crippen MR) is 246 cm³/mol. The first-order valence-electron chi connectivity index (χ1n) is 24.0. The highest BCUT2D eigenvalue weighted by molar-refractivity contribution is 5.30. The van der Waals surface area contributed by atoms with E-state index in [0.717, 1.165) is 0 Å². The molecule has 0 amide bonds. The topological polar surface area (TPSA) is 317 Å². The van der Waals surface area contributed by atoms with Crippen molar-refractivity contribution in [3.05, 3.63) is 0 Å². The molecule has 6 fully saturated rings. The molecule has 0 aliphatic carbocycles. The maximum Gasteiger partial charge on any atom is 0.225 e. The van der Waals surface area contributed by atoms with Crippen LogP contribution in [0.4, 0.5) is 0 Å². The van der Waals surface area contributed by atoms with Gasteiger partial charge >= 0.3 is 0 Å². The fraction of sp³-hybridized carbons (Fsp3) is 1.00. The summed E-state index contributed by atoms with van der Waals surface area (Å²) in [5.41, 5.74) is -29.0. The normalized spacial score (nSPS) is 57.5. The molecule has 6 saturated heterocycles. The molecule has 0 aromatic rings. The van der Waals surface area contributed by atoms with E-state index in [1.807, 2.05) is 0 Å². The lowest BCUT2D eigenvalue weighted by molar-refractivity contribution is -0.580. The van der Waals surface area contributed by atoms with Gasteiger partial charge in [-0.1, -0.05) is 20.8 Å². The summed E-state index contributed by atoms with van der Waals surface area (Å²) < 4.78 is 49.9. The van der Waals surface area contributed by atoms with Crippen molar-refractivity contribution in [3.8, 4) is 0 Å². The molecule has 0 aromatic heterocycles. The Kier molecular flexibility index (Phi) is 14.2. The Labute approximate surface area is 408 Å². The second-order valence-electron chi connectivity index (χ2n) is 25.5. The molecule has 0 aromatic carbocycles. The number of ether oxygens (including phenoxy) is 8. The van der Waals surface area contributed by atoms with Gasteiger partial charge in [0, 0.05) is 11.8 Å². The molecular formula is C49H90O20. The van der Waals surface area contributed by atoms with Crippen molar-refractivity contribution >= 4 is 0 Å². The fourth-order valence-electron chi connectivity index (χ4n) is 12.8. The zero-order chi connectivity index (χ0) is 53.6. The van der Waals surface area contributed by atoms with E-state index in [2.05, 4.69) is 0 Å². The lowest BCUT2D eigenvalue weighted by atomic mass is 9.52. The molecule has 19 atom stereocenters. The molecule has 20 heteroatoms. The minimum absolute atomic E-state index is 0.00112. The Morgan fingerprint density at radius 2 is 0.913 bits per heavy atom. The zero-order valence-electron chi connectivity index (χ0n) is 44.6. The molecule has 69 heavy (non-hydrogen) atoms. The van der Waals surface area contributed by atoms with Crippen LogP contribution in [0, 0.1) is 16.2 Å². The molecule has 6 rings (SSSR count). The van der Waals surface area contributed by atoms with Crippen LogP contribution < -0.4 is 0 Å². The van der Waals surface area contributed by atoms with Crippen molar-refractivity contribution < 1.29 is 99.2 Å². The second-order valence-corrected chi connectivity index (χ2v) is 25.5. The molecule has 0 saturated carbocycles. The van der Waals surface area contributed by atoms with Crippen LogP contribution >= 0.6 is 0 Å². The first-order chi connectivity index (χ1) is 30.6. The van der Waals surface area contributed by atoms with Crippen molar-refractivity contribution in [2.24, 2.45) is 16.2 Å². The minimum atomic E-state index is -2.17. The SMILES string of the molecule is CC(O)(CC1(C)CC(C)(CO)O[C@](C)(COC[C@]2(C)C(C)(CO)O[C@](C)(COC[C@]3(C)C(C)(CO)OC[C@@](C)(O)C3(C)O)[C@@](C)(O)C2(C)O)[C@@]1(C)O)OCC1(C)OC2(CO)O[C@@](C)(C1(C)O)[C@]2(C)O. The van der Waals surface area contributed by atoms with Gasteiger partial charge in [-0.25, -0.2) is 0 Å². The maximum atomic E-state index is 12.8. The summed E-state index contributed by atoms with van der Waals surface area (Å²) in [7, 11) is 0. The lowest BCUT2D eigenvalue weighted by Gasteiger charge is -2.76. The Hall–Kier alpha value is -0.800. The Balaban J connectivity index is 1.37. The van der Waals surface area contributed by atoms with E-state index < -0.39 is 159 Å². The summed E-state index contributed by atoms with van der Waals surface area (Å²) in [6.45, 7) is 22.4. The fourth-order valence-corrected chi connectivity index (χ4v) is 12.8. The van der Waals surface area contributed by atoms with Gasteiger partial charge in [0.2, 0.25) is 5.79 Å².